The van der Waals surface area contributed by atoms with Gasteiger partial charge in [0.05, 0.1) is 6.61 Å². The average molecular weight is 202 g/mol. The molecule has 0 atom stereocenters. The molecule has 0 saturated heterocycles. The van der Waals surface area contributed by atoms with E-state index in [2.05, 4.69) is 5.32 Å². The van der Waals surface area contributed by atoms with Gasteiger partial charge >= 0.3 is 0 Å². The highest BCUT2D eigenvalue weighted by atomic mass is 16.5. The molecule has 0 radical (unpaired) electrons. The molecule has 0 aliphatic heterocycles. The van der Waals surface area contributed by atoms with Gasteiger partial charge in [-0.15, -0.1) is 0 Å². The van der Waals surface area contributed by atoms with Crippen LogP contribution in [0.25, 0.3) is 0 Å². The van der Waals surface area contributed by atoms with Gasteiger partial charge in [-0.05, 0) is 0 Å². The second kappa shape index (κ2) is 5.59. The van der Waals surface area contributed by atoms with Crippen molar-refractivity contribution in [2.75, 3.05) is 19.8 Å². The van der Waals surface area contributed by atoms with Gasteiger partial charge in [0.1, 0.15) is 6.61 Å². The first-order valence-corrected chi connectivity index (χ1v) is 4.48. The van der Waals surface area contributed by atoms with Gasteiger partial charge < -0.3 is 15.8 Å². The molecule has 14 heavy (non-hydrogen) atoms. The first-order valence-electron chi connectivity index (χ1n) is 4.48. The zero-order valence-electron chi connectivity index (χ0n) is 8.92. The normalized spacial score (nSPS) is 11.1. The average Bonchev–Trinajstić information content (AvgIpc) is 2.01. The van der Waals surface area contributed by atoms with Crippen LogP contribution in [-0.2, 0) is 14.3 Å². The van der Waals surface area contributed by atoms with E-state index in [1.165, 1.54) is 0 Å². The van der Waals surface area contributed by atoms with Crippen LogP contribution in [0.4, 0.5) is 0 Å². The van der Waals surface area contributed by atoms with Crippen LogP contribution in [0.1, 0.15) is 20.8 Å². The minimum atomic E-state index is -0.507. The molecule has 3 N–H and O–H groups in total. The number of ether oxygens (including phenoxy) is 1. The molecule has 0 spiro atoms. The smallest absolute Gasteiger partial charge is 0.243 e. The first-order chi connectivity index (χ1) is 6.34. The Morgan fingerprint density at radius 1 is 1.36 bits per heavy atom. The van der Waals surface area contributed by atoms with Crippen molar-refractivity contribution >= 4 is 11.8 Å². The monoisotopic (exact) mass is 202 g/mol. The lowest BCUT2D eigenvalue weighted by Gasteiger charge is -2.17. The maximum atomic E-state index is 11.3. The van der Waals surface area contributed by atoms with E-state index >= 15 is 0 Å². The molecule has 0 heterocycles. The third-order valence-electron chi connectivity index (χ3n) is 1.46. The largest absolute Gasteiger partial charge is 0.370 e. The Morgan fingerprint density at radius 3 is 2.36 bits per heavy atom. The summed E-state index contributed by atoms with van der Waals surface area (Å²) in [6, 6.07) is 0. The standard InChI is InChI=1S/C9H18N2O3/c1-9(2,3)8(13)11-4-5-14-6-7(10)12/h4-6H2,1-3H3,(H2,10,12)(H,11,13). The molecule has 0 aliphatic carbocycles. The van der Waals surface area contributed by atoms with Crippen molar-refractivity contribution in [3.63, 3.8) is 0 Å². The van der Waals surface area contributed by atoms with Crippen molar-refractivity contribution in [1.82, 2.24) is 5.32 Å². The second-order valence-corrected chi connectivity index (χ2v) is 4.02. The van der Waals surface area contributed by atoms with E-state index in [-0.39, 0.29) is 12.5 Å². The van der Waals surface area contributed by atoms with Crippen molar-refractivity contribution < 1.29 is 14.3 Å². The van der Waals surface area contributed by atoms with Gasteiger partial charge in [-0.3, -0.25) is 9.59 Å². The van der Waals surface area contributed by atoms with Crippen molar-refractivity contribution in [1.29, 1.82) is 0 Å². The number of carbonyl (C=O) groups is 2. The Bertz CT molecular complexity index is 209. The van der Waals surface area contributed by atoms with Crippen LogP contribution >= 0.6 is 0 Å². The van der Waals surface area contributed by atoms with Crippen molar-refractivity contribution in [2.24, 2.45) is 11.1 Å². The van der Waals surface area contributed by atoms with Crippen LogP contribution in [0.2, 0.25) is 0 Å². The predicted molar refractivity (Wildman–Crippen MR) is 52.5 cm³/mol. The summed E-state index contributed by atoms with van der Waals surface area (Å²) in [6.07, 6.45) is 0. The number of amides is 2. The summed E-state index contributed by atoms with van der Waals surface area (Å²) in [4.78, 5) is 21.6. The molecule has 0 rings (SSSR count). The molecule has 0 aromatic rings. The van der Waals surface area contributed by atoms with Gasteiger partial charge in [0.15, 0.2) is 0 Å². The molecule has 2 amide bonds. The van der Waals surface area contributed by atoms with Crippen molar-refractivity contribution in [3.8, 4) is 0 Å². The molecular weight excluding hydrogens is 184 g/mol. The van der Waals surface area contributed by atoms with Gasteiger partial charge in [0.2, 0.25) is 11.8 Å². The van der Waals surface area contributed by atoms with Gasteiger partial charge in [-0.1, -0.05) is 20.8 Å². The van der Waals surface area contributed by atoms with E-state index in [4.69, 9.17) is 10.5 Å². The molecule has 0 fully saturated rings. The van der Waals surface area contributed by atoms with Crippen LogP contribution in [0.5, 0.6) is 0 Å². The van der Waals surface area contributed by atoms with E-state index in [1.54, 1.807) is 0 Å². The summed E-state index contributed by atoms with van der Waals surface area (Å²) in [5.41, 5.74) is 4.45. The van der Waals surface area contributed by atoms with Crippen LogP contribution < -0.4 is 11.1 Å². The predicted octanol–water partition coefficient (Wildman–Crippen LogP) is -0.349. The Balaban J connectivity index is 3.46. The first kappa shape index (κ1) is 12.9. The lowest BCUT2D eigenvalue weighted by Crippen LogP contribution is -2.37. The highest BCUT2D eigenvalue weighted by molar-refractivity contribution is 5.81. The zero-order valence-corrected chi connectivity index (χ0v) is 8.92. The van der Waals surface area contributed by atoms with Gasteiger partial charge in [0.25, 0.3) is 0 Å². The fourth-order valence-electron chi connectivity index (χ4n) is 0.675. The molecule has 0 saturated carbocycles. The summed E-state index contributed by atoms with van der Waals surface area (Å²) in [5.74, 6) is -0.549. The summed E-state index contributed by atoms with van der Waals surface area (Å²) in [5, 5.41) is 2.68. The van der Waals surface area contributed by atoms with Crippen LogP contribution in [0.3, 0.4) is 0 Å². The number of primary amides is 1. The third-order valence-corrected chi connectivity index (χ3v) is 1.46. The minimum absolute atomic E-state index is 0.0415. The molecule has 0 aliphatic rings. The Labute approximate surface area is 84.0 Å². The number of hydrogen-bond acceptors (Lipinski definition) is 3. The van der Waals surface area contributed by atoms with Crippen LogP contribution in [-0.4, -0.2) is 31.6 Å². The van der Waals surface area contributed by atoms with E-state index in [0.29, 0.717) is 13.2 Å². The van der Waals surface area contributed by atoms with Gasteiger partial charge in [-0.25, -0.2) is 0 Å². The lowest BCUT2D eigenvalue weighted by molar-refractivity contribution is -0.128. The zero-order chi connectivity index (χ0) is 11.2. The van der Waals surface area contributed by atoms with Crippen LogP contribution in [0, 0.1) is 5.41 Å². The number of hydrogen-bond donors (Lipinski definition) is 2. The quantitative estimate of drug-likeness (QED) is 0.598. The molecular formula is C9H18N2O3. The van der Waals surface area contributed by atoms with Gasteiger partial charge in [-0.2, -0.15) is 0 Å². The maximum absolute atomic E-state index is 11.3. The van der Waals surface area contributed by atoms with E-state index in [0.717, 1.165) is 0 Å². The fourth-order valence-corrected chi connectivity index (χ4v) is 0.675. The highest BCUT2D eigenvalue weighted by Crippen LogP contribution is 2.11. The summed E-state index contributed by atoms with van der Waals surface area (Å²) in [6.45, 7) is 6.06. The topological polar surface area (TPSA) is 81.4 Å². The maximum Gasteiger partial charge on any atom is 0.243 e. The fraction of sp³-hybridized carbons (Fsp3) is 0.778. The molecule has 5 nitrogen and oxygen atoms in total. The molecule has 5 heteroatoms. The molecule has 82 valence electrons. The minimum Gasteiger partial charge on any atom is -0.370 e. The van der Waals surface area contributed by atoms with Gasteiger partial charge in [0, 0.05) is 12.0 Å². The van der Waals surface area contributed by atoms with Crippen molar-refractivity contribution in [3.05, 3.63) is 0 Å². The Kier molecular flexibility index (Phi) is 5.15. The molecule has 0 unspecified atom stereocenters. The SMILES string of the molecule is CC(C)(C)C(=O)NCCOCC(N)=O. The summed E-state index contributed by atoms with van der Waals surface area (Å²) in [7, 11) is 0. The van der Waals surface area contributed by atoms with E-state index in [1.807, 2.05) is 20.8 Å². The van der Waals surface area contributed by atoms with Crippen molar-refractivity contribution in [2.45, 2.75) is 20.8 Å². The summed E-state index contributed by atoms with van der Waals surface area (Å²) < 4.78 is 4.87. The number of nitrogens with two attached hydrogens (primary N) is 1. The van der Waals surface area contributed by atoms with Crippen LogP contribution in [0.15, 0.2) is 0 Å². The second-order valence-electron chi connectivity index (χ2n) is 4.02. The van der Waals surface area contributed by atoms with E-state index in [9.17, 15) is 9.59 Å². The van der Waals surface area contributed by atoms with E-state index < -0.39 is 11.3 Å². The number of rotatable bonds is 5. The molecule has 0 aromatic carbocycles. The Morgan fingerprint density at radius 2 is 1.93 bits per heavy atom. The third kappa shape index (κ3) is 6.42. The molecule has 0 bridgehead atoms. The highest BCUT2D eigenvalue weighted by Gasteiger charge is 2.20. The summed E-state index contributed by atoms with van der Waals surface area (Å²) >= 11 is 0. The molecule has 0 aromatic heterocycles. The number of nitrogens with one attached hydrogen (secondary N) is 1. The lowest BCUT2D eigenvalue weighted by atomic mass is 9.96. The number of carbonyl (C=O) groups excluding carboxylic acids is 2. The Hall–Kier alpha value is -1.10.